The molecule has 0 aliphatic carbocycles. The van der Waals surface area contributed by atoms with Gasteiger partial charge in [-0.15, -0.1) is 0 Å². The van der Waals surface area contributed by atoms with Crippen molar-refractivity contribution in [2.45, 2.75) is 13.5 Å². The lowest BCUT2D eigenvalue weighted by atomic mass is 10.2. The van der Waals surface area contributed by atoms with Crippen molar-refractivity contribution in [2.24, 2.45) is 0 Å². The van der Waals surface area contributed by atoms with Crippen LogP contribution < -0.4 is 15.4 Å². The average Bonchev–Trinajstić information content (AvgIpc) is 2.45. The number of thiocarbonyl (C=S) groups is 1. The monoisotopic (exact) mass is 287 g/mol. The van der Waals surface area contributed by atoms with Gasteiger partial charge in [0.05, 0.1) is 7.11 Å². The van der Waals surface area contributed by atoms with Crippen molar-refractivity contribution < 1.29 is 4.74 Å². The lowest BCUT2D eigenvalue weighted by Crippen LogP contribution is -2.28. The number of benzene rings is 1. The van der Waals surface area contributed by atoms with E-state index in [-0.39, 0.29) is 0 Å². The van der Waals surface area contributed by atoms with Crippen molar-refractivity contribution >= 4 is 23.1 Å². The van der Waals surface area contributed by atoms with Gasteiger partial charge < -0.3 is 15.4 Å². The summed E-state index contributed by atoms with van der Waals surface area (Å²) in [5, 5.41) is 6.74. The van der Waals surface area contributed by atoms with E-state index in [4.69, 9.17) is 17.0 Å². The zero-order chi connectivity index (χ0) is 14.4. The molecule has 1 heterocycles. The van der Waals surface area contributed by atoms with Crippen LogP contribution in [-0.4, -0.2) is 17.2 Å². The Kier molecular flexibility index (Phi) is 4.90. The van der Waals surface area contributed by atoms with Crippen LogP contribution in [0.3, 0.4) is 0 Å². The van der Waals surface area contributed by atoms with Crippen LogP contribution in [0.15, 0.2) is 42.5 Å². The number of pyridine rings is 1. The molecule has 0 fully saturated rings. The molecular weight excluding hydrogens is 270 g/mol. The average molecular weight is 287 g/mol. The fraction of sp³-hybridized carbons (Fsp3) is 0.200. The van der Waals surface area contributed by atoms with E-state index >= 15 is 0 Å². The number of aromatic nitrogens is 1. The van der Waals surface area contributed by atoms with E-state index in [1.165, 1.54) is 0 Å². The van der Waals surface area contributed by atoms with E-state index in [1.807, 2.05) is 49.4 Å². The largest absolute Gasteiger partial charge is 0.496 e. The first-order valence-electron chi connectivity index (χ1n) is 6.29. The second kappa shape index (κ2) is 6.86. The zero-order valence-corrected chi connectivity index (χ0v) is 12.3. The summed E-state index contributed by atoms with van der Waals surface area (Å²) in [5.74, 6) is 1.58. The Balaban J connectivity index is 1.92. The van der Waals surface area contributed by atoms with E-state index in [9.17, 15) is 0 Å². The molecule has 5 heteroatoms. The Labute approximate surface area is 124 Å². The van der Waals surface area contributed by atoms with Crippen LogP contribution in [0.1, 0.15) is 11.3 Å². The maximum Gasteiger partial charge on any atom is 0.172 e. The highest BCUT2D eigenvalue weighted by molar-refractivity contribution is 7.80. The van der Waals surface area contributed by atoms with E-state index in [0.29, 0.717) is 11.7 Å². The molecule has 1 aromatic carbocycles. The second-order valence-corrected chi connectivity index (χ2v) is 4.69. The lowest BCUT2D eigenvalue weighted by Gasteiger charge is -2.12. The number of hydrogen-bond donors (Lipinski definition) is 2. The molecule has 20 heavy (non-hydrogen) atoms. The van der Waals surface area contributed by atoms with Gasteiger partial charge in [0, 0.05) is 17.8 Å². The highest BCUT2D eigenvalue weighted by Gasteiger charge is 2.03. The number of rotatable bonds is 4. The molecule has 2 aromatic rings. The number of aryl methyl sites for hydroxylation is 1. The van der Waals surface area contributed by atoms with Gasteiger partial charge in [-0.1, -0.05) is 24.3 Å². The van der Waals surface area contributed by atoms with Gasteiger partial charge in [0.2, 0.25) is 0 Å². The highest BCUT2D eigenvalue weighted by Crippen LogP contribution is 2.16. The molecule has 0 radical (unpaired) electrons. The van der Waals surface area contributed by atoms with Crippen molar-refractivity contribution in [1.29, 1.82) is 0 Å². The number of anilines is 1. The van der Waals surface area contributed by atoms with Crippen LogP contribution in [0.5, 0.6) is 5.75 Å². The molecular formula is C15H17N3OS. The molecule has 0 unspecified atom stereocenters. The summed E-state index contributed by atoms with van der Waals surface area (Å²) in [7, 11) is 1.66. The third kappa shape index (κ3) is 3.93. The summed E-state index contributed by atoms with van der Waals surface area (Å²) >= 11 is 5.25. The van der Waals surface area contributed by atoms with Crippen LogP contribution in [0.4, 0.5) is 5.82 Å². The van der Waals surface area contributed by atoms with Gasteiger partial charge in [0.1, 0.15) is 11.6 Å². The third-order valence-electron chi connectivity index (χ3n) is 2.76. The molecule has 0 saturated carbocycles. The molecule has 0 aliphatic heterocycles. The van der Waals surface area contributed by atoms with Gasteiger partial charge in [-0.2, -0.15) is 0 Å². The minimum Gasteiger partial charge on any atom is -0.496 e. The van der Waals surface area contributed by atoms with Gasteiger partial charge in [-0.3, -0.25) is 0 Å². The third-order valence-corrected chi connectivity index (χ3v) is 3.01. The smallest absolute Gasteiger partial charge is 0.172 e. The first-order chi connectivity index (χ1) is 9.69. The maximum absolute atomic E-state index is 5.30. The fourth-order valence-corrected chi connectivity index (χ4v) is 1.97. The minimum absolute atomic E-state index is 0.536. The number of para-hydroxylation sites is 1. The van der Waals surface area contributed by atoms with E-state index in [0.717, 1.165) is 22.8 Å². The van der Waals surface area contributed by atoms with Crippen LogP contribution in [0.2, 0.25) is 0 Å². The Hall–Kier alpha value is -2.14. The summed E-state index contributed by atoms with van der Waals surface area (Å²) < 4.78 is 5.30. The summed E-state index contributed by atoms with van der Waals surface area (Å²) in [6.07, 6.45) is 0. The number of hydrogen-bond acceptors (Lipinski definition) is 3. The Morgan fingerprint density at radius 2 is 2.00 bits per heavy atom. The van der Waals surface area contributed by atoms with Gasteiger partial charge in [-0.25, -0.2) is 4.98 Å². The maximum atomic E-state index is 5.30. The standard InChI is InChI=1S/C15H17N3OS/c1-11-6-5-9-14(17-11)18-15(20)16-10-12-7-3-4-8-13(12)19-2/h3-9H,10H2,1-2H3,(H2,16,17,18,20). The molecule has 0 aliphatic rings. The van der Waals surface area contributed by atoms with Gasteiger partial charge >= 0.3 is 0 Å². The molecule has 104 valence electrons. The van der Waals surface area contributed by atoms with Crippen molar-refractivity contribution in [3.63, 3.8) is 0 Å². The van der Waals surface area contributed by atoms with Crippen molar-refractivity contribution in [3.8, 4) is 5.75 Å². The minimum atomic E-state index is 0.536. The van der Waals surface area contributed by atoms with E-state index in [1.54, 1.807) is 7.11 Å². The summed E-state index contributed by atoms with van der Waals surface area (Å²) in [5.41, 5.74) is 2.00. The molecule has 1 aromatic heterocycles. The number of nitrogens with zero attached hydrogens (tertiary/aromatic N) is 1. The Bertz CT molecular complexity index is 601. The fourth-order valence-electron chi connectivity index (χ4n) is 1.80. The topological polar surface area (TPSA) is 46.2 Å². The van der Waals surface area contributed by atoms with Crippen LogP contribution in [0.25, 0.3) is 0 Å². The molecule has 0 bridgehead atoms. The molecule has 2 rings (SSSR count). The predicted molar refractivity (Wildman–Crippen MR) is 85.0 cm³/mol. The molecule has 4 nitrogen and oxygen atoms in total. The zero-order valence-electron chi connectivity index (χ0n) is 11.5. The number of ether oxygens (including phenoxy) is 1. The SMILES string of the molecule is COc1ccccc1CNC(=S)Nc1cccc(C)n1. The van der Waals surface area contributed by atoms with Gasteiger partial charge in [-0.05, 0) is 37.3 Å². The van der Waals surface area contributed by atoms with Crippen LogP contribution in [-0.2, 0) is 6.54 Å². The predicted octanol–water partition coefficient (Wildman–Crippen LogP) is 2.89. The molecule has 0 saturated heterocycles. The highest BCUT2D eigenvalue weighted by atomic mass is 32.1. The van der Waals surface area contributed by atoms with Crippen LogP contribution >= 0.6 is 12.2 Å². The molecule has 0 spiro atoms. The summed E-state index contributed by atoms with van der Waals surface area (Å²) in [4.78, 5) is 4.34. The molecule has 0 amide bonds. The van der Waals surface area contributed by atoms with Crippen LogP contribution in [0, 0.1) is 6.92 Å². The van der Waals surface area contributed by atoms with Gasteiger partial charge in [0.25, 0.3) is 0 Å². The molecule has 0 atom stereocenters. The number of nitrogens with one attached hydrogen (secondary N) is 2. The van der Waals surface area contributed by atoms with E-state index < -0.39 is 0 Å². The Morgan fingerprint density at radius 1 is 1.20 bits per heavy atom. The number of methoxy groups -OCH3 is 1. The van der Waals surface area contributed by atoms with Crippen molar-refractivity contribution in [2.75, 3.05) is 12.4 Å². The van der Waals surface area contributed by atoms with Gasteiger partial charge in [0.15, 0.2) is 5.11 Å². The summed E-state index contributed by atoms with van der Waals surface area (Å²) in [6.45, 7) is 2.54. The normalized spacial score (nSPS) is 9.90. The first-order valence-corrected chi connectivity index (χ1v) is 6.70. The molecule has 2 N–H and O–H groups in total. The lowest BCUT2D eigenvalue weighted by molar-refractivity contribution is 0.409. The van der Waals surface area contributed by atoms with Crippen molar-refractivity contribution in [3.05, 3.63) is 53.7 Å². The quantitative estimate of drug-likeness (QED) is 0.847. The first kappa shape index (κ1) is 14.3. The Morgan fingerprint density at radius 3 is 2.75 bits per heavy atom. The summed E-state index contributed by atoms with van der Waals surface area (Å²) in [6, 6.07) is 13.6. The van der Waals surface area contributed by atoms with Crippen molar-refractivity contribution in [1.82, 2.24) is 10.3 Å². The second-order valence-electron chi connectivity index (χ2n) is 4.28. The van der Waals surface area contributed by atoms with E-state index in [2.05, 4.69) is 15.6 Å².